The highest BCUT2D eigenvalue weighted by molar-refractivity contribution is 9.10. The Morgan fingerprint density at radius 3 is 2.83 bits per heavy atom. The second kappa shape index (κ2) is 8.14. The first-order valence-corrected chi connectivity index (χ1v) is 7.05. The van der Waals surface area contributed by atoms with Gasteiger partial charge in [0.1, 0.15) is 5.75 Å². The van der Waals surface area contributed by atoms with E-state index < -0.39 is 0 Å². The standard InChI is InChI=1S/C14H20BrNO2/c1-3-4-5-14(17)16-9-8-11-6-7-13(18-2)12(15)10-11/h6-7,10H,3-5,8-9H2,1-2H3,(H,16,17). The minimum absolute atomic E-state index is 0.143. The first-order valence-electron chi connectivity index (χ1n) is 6.26. The fraction of sp³-hybridized carbons (Fsp3) is 0.500. The lowest BCUT2D eigenvalue weighted by Gasteiger charge is -2.07. The summed E-state index contributed by atoms with van der Waals surface area (Å²) >= 11 is 3.45. The van der Waals surface area contributed by atoms with E-state index in [0.29, 0.717) is 13.0 Å². The van der Waals surface area contributed by atoms with Gasteiger partial charge in [-0.1, -0.05) is 19.4 Å². The van der Waals surface area contributed by atoms with Crippen LogP contribution in [0.15, 0.2) is 22.7 Å². The molecule has 1 amide bonds. The predicted molar refractivity (Wildman–Crippen MR) is 76.9 cm³/mol. The molecule has 3 nitrogen and oxygen atoms in total. The molecule has 0 aliphatic heterocycles. The third-order valence-electron chi connectivity index (χ3n) is 2.71. The average Bonchev–Trinajstić information content (AvgIpc) is 2.36. The van der Waals surface area contributed by atoms with Crippen LogP contribution in [0.5, 0.6) is 5.75 Å². The smallest absolute Gasteiger partial charge is 0.220 e. The molecule has 4 heteroatoms. The zero-order valence-electron chi connectivity index (χ0n) is 11.0. The highest BCUT2D eigenvalue weighted by Gasteiger charge is 2.03. The molecule has 0 aliphatic carbocycles. The van der Waals surface area contributed by atoms with Crippen LogP contribution in [0, 0.1) is 0 Å². The van der Waals surface area contributed by atoms with E-state index in [2.05, 4.69) is 28.2 Å². The van der Waals surface area contributed by atoms with Crippen molar-refractivity contribution in [3.8, 4) is 5.75 Å². The van der Waals surface area contributed by atoms with Gasteiger partial charge in [-0.15, -0.1) is 0 Å². The van der Waals surface area contributed by atoms with Crippen LogP contribution in [0.3, 0.4) is 0 Å². The predicted octanol–water partition coefficient (Wildman–Crippen LogP) is 3.31. The Labute approximate surface area is 117 Å². The number of carbonyl (C=O) groups is 1. The van der Waals surface area contributed by atoms with Crippen molar-refractivity contribution >= 4 is 21.8 Å². The number of hydrogen-bond donors (Lipinski definition) is 1. The molecule has 100 valence electrons. The minimum atomic E-state index is 0.143. The maximum Gasteiger partial charge on any atom is 0.220 e. The molecular weight excluding hydrogens is 294 g/mol. The summed E-state index contributed by atoms with van der Waals surface area (Å²) in [5.41, 5.74) is 1.18. The van der Waals surface area contributed by atoms with Crippen LogP contribution in [-0.2, 0) is 11.2 Å². The molecule has 1 N–H and O–H groups in total. The Bertz CT molecular complexity index is 393. The lowest BCUT2D eigenvalue weighted by molar-refractivity contribution is -0.121. The quantitative estimate of drug-likeness (QED) is 0.838. The summed E-state index contributed by atoms with van der Waals surface area (Å²) in [5.74, 6) is 0.968. The Balaban J connectivity index is 2.35. The number of amides is 1. The van der Waals surface area contributed by atoms with Gasteiger partial charge in [-0.2, -0.15) is 0 Å². The zero-order valence-corrected chi connectivity index (χ0v) is 12.5. The molecule has 0 unspecified atom stereocenters. The summed E-state index contributed by atoms with van der Waals surface area (Å²) in [6.45, 7) is 2.77. The van der Waals surface area contributed by atoms with E-state index in [4.69, 9.17) is 4.74 Å². The number of halogens is 1. The minimum Gasteiger partial charge on any atom is -0.496 e. The second-order valence-corrected chi connectivity index (χ2v) is 5.03. The van der Waals surface area contributed by atoms with Crippen LogP contribution in [0.1, 0.15) is 31.7 Å². The Kier molecular flexibility index (Phi) is 6.80. The van der Waals surface area contributed by atoms with E-state index in [0.717, 1.165) is 29.5 Å². The molecule has 0 aliphatic rings. The molecule has 0 atom stereocenters. The van der Waals surface area contributed by atoms with Gasteiger partial charge in [-0.05, 0) is 46.5 Å². The van der Waals surface area contributed by atoms with Crippen LogP contribution >= 0.6 is 15.9 Å². The third kappa shape index (κ3) is 5.08. The van der Waals surface area contributed by atoms with Crippen molar-refractivity contribution in [2.45, 2.75) is 32.6 Å². The molecule has 1 rings (SSSR count). The van der Waals surface area contributed by atoms with Crippen LogP contribution in [0.2, 0.25) is 0 Å². The molecule has 0 heterocycles. The van der Waals surface area contributed by atoms with Gasteiger partial charge >= 0.3 is 0 Å². The lowest BCUT2D eigenvalue weighted by atomic mass is 10.1. The molecule has 1 aromatic rings. The van der Waals surface area contributed by atoms with Crippen LogP contribution in [-0.4, -0.2) is 19.6 Å². The van der Waals surface area contributed by atoms with Crippen molar-refractivity contribution < 1.29 is 9.53 Å². The van der Waals surface area contributed by atoms with E-state index >= 15 is 0 Å². The molecule has 0 saturated carbocycles. The van der Waals surface area contributed by atoms with Crippen molar-refractivity contribution in [1.82, 2.24) is 5.32 Å². The van der Waals surface area contributed by atoms with Crippen LogP contribution in [0.4, 0.5) is 0 Å². The molecular formula is C14H20BrNO2. The lowest BCUT2D eigenvalue weighted by Crippen LogP contribution is -2.25. The molecule has 0 aromatic heterocycles. The maximum atomic E-state index is 11.4. The van der Waals surface area contributed by atoms with Gasteiger partial charge in [-0.25, -0.2) is 0 Å². The van der Waals surface area contributed by atoms with E-state index in [1.54, 1.807) is 7.11 Å². The van der Waals surface area contributed by atoms with E-state index in [9.17, 15) is 4.79 Å². The number of hydrogen-bond acceptors (Lipinski definition) is 2. The number of rotatable bonds is 7. The number of methoxy groups -OCH3 is 1. The monoisotopic (exact) mass is 313 g/mol. The zero-order chi connectivity index (χ0) is 13.4. The molecule has 0 saturated heterocycles. The number of benzene rings is 1. The van der Waals surface area contributed by atoms with Gasteiger partial charge < -0.3 is 10.1 Å². The second-order valence-electron chi connectivity index (χ2n) is 4.17. The maximum absolute atomic E-state index is 11.4. The van der Waals surface area contributed by atoms with Crippen LogP contribution < -0.4 is 10.1 Å². The highest BCUT2D eigenvalue weighted by atomic mass is 79.9. The van der Waals surface area contributed by atoms with Gasteiger partial charge in [-0.3, -0.25) is 4.79 Å². The first kappa shape index (κ1) is 15.0. The van der Waals surface area contributed by atoms with Crippen molar-refractivity contribution in [3.05, 3.63) is 28.2 Å². The largest absolute Gasteiger partial charge is 0.496 e. The molecule has 0 spiro atoms. The summed E-state index contributed by atoms with van der Waals surface area (Å²) in [4.78, 5) is 11.4. The summed E-state index contributed by atoms with van der Waals surface area (Å²) in [7, 11) is 1.65. The molecule has 1 aromatic carbocycles. The number of carbonyl (C=O) groups excluding carboxylic acids is 1. The van der Waals surface area contributed by atoms with Gasteiger partial charge in [0.25, 0.3) is 0 Å². The van der Waals surface area contributed by atoms with Crippen molar-refractivity contribution in [3.63, 3.8) is 0 Å². The first-order chi connectivity index (χ1) is 8.67. The Morgan fingerprint density at radius 2 is 2.22 bits per heavy atom. The Morgan fingerprint density at radius 1 is 1.44 bits per heavy atom. The van der Waals surface area contributed by atoms with E-state index in [1.807, 2.05) is 18.2 Å². The van der Waals surface area contributed by atoms with Crippen molar-refractivity contribution in [2.24, 2.45) is 0 Å². The normalized spacial score (nSPS) is 10.2. The average molecular weight is 314 g/mol. The summed E-state index contributed by atoms with van der Waals surface area (Å²) < 4.78 is 6.11. The topological polar surface area (TPSA) is 38.3 Å². The van der Waals surface area contributed by atoms with Gasteiger partial charge in [0, 0.05) is 13.0 Å². The summed E-state index contributed by atoms with van der Waals surface area (Å²) in [6, 6.07) is 5.97. The molecule has 0 bridgehead atoms. The van der Waals surface area contributed by atoms with Crippen LogP contribution in [0.25, 0.3) is 0 Å². The molecule has 0 radical (unpaired) electrons. The third-order valence-corrected chi connectivity index (χ3v) is 3.33. The summed E-state index contributed by atoms with van der Waals surface area (Å²) in [6.07, 6.45) is 3.47. The molecule has 0 fully saturated rings. The fourth-order valence-corrected chi connectivity index (χ4v) is 2.23. The fourth-order valence-electron chi connectivity index (χ4n) is 1.64. The summed E-state index contributed by atoms with van der Waals surface area (Å²) in [5, 5.41) is 2.93. The van der Waals surface area contributed by atoms with Gasteiger partial charge in [0.2, 0.25) is 5.91 Å². The Hall–Kier alpha value is -1.03. The molecule has 18 heavy (non-hydrogen) atoms. The van der Waals surface area contributed by atoms with E-state index in [-0.39, 0.29) is 5.91 Å². The number of unbranched alkanes of at least 4 members (excludes halogenated alkanes) is 1. The number of ether oxygens (including phenoxy) is 1. The van der Waals surface area contributed by atoms with E-state index in [1.165, 1.54) is 5.56 Å². The number of nitrogens with one attached hydrogen (secondary N) is 1. The van der Waals surface area contributed by atoms with Crippen molar-refractivity contribution in [1.29, 1.82) is 0 Å². The highest BCUT2D eigenvalue weighted by Crippen LogP contribution is 2.25. The van der Waals surface area contributed by atoms with Crippen molar-refractivity contribution in [2.75, 3.05) is 13.7 Å². The SMILES string of the molecule is CCCCC(=O)NCCc1ccc(OC)c(Br)c1. The van der Waals surface area contributed by atoms with Gasteiger partial charge in [0.05, 0.1) is 11.6 Å². The van der Waals surface area contributed by atoms with Gasteiger partial charge in [0.15, 0.2) is 0 Å².